The molecule has 0 unspecified atom stereocenters. The lowest BCUT2D eigenvalue weighted by Crippen LogP contribution is -2.43. The summed E-state index contributed by atoms with van der Waals surface area (Å²) >= 11 is 0. The Kier molecular flexibility index (Phi) is 9.01. The summed E-state index contributed by atoms with van der Waals surface area (Å²) in [7, 11) is 0. The molecule has 6 nitrogen and oxygen atoms in total. The molecule has 206 valence electrons. The first-order valence-corrected chi connectivity index (χ1v) is 13.9. The van der Waals surface area contributed by atoms with Gasteiger partial charge in [-0.2, -0.15) is 0 Å². The van der Waals surface area contributed by atoms with Crippen LogP contribution in [0, 0.1) is 0 Å². The molecule has 0 saturated carbocycles. The van der Waals surface area contributed by atoms with Crippen LogP contribution in [0.4, 0.5) is 11.4 Å². The van der Waals surface area contributed by atoms with E-state index in [4.69, 9.17) is 0 Å². The van der Waals surface area contributed by atoms with Crippen LogP contribution in [-0.4, -0.2) is 35.2 Å². The highest BCUT2D eigenvalue weighted by molar-refractivity contribution is 5.98. The van der Waals surface area contributed by atoms with E-state index in [2.05, 4.69) is 10.6 Å². The van der Waals surface area contributed by atoms with E-state index in [0.29, 0.717) is 31.5 Å². The zero-order chi connectivity index (χ0) is 28.4. The van der Waals surface area contributed by atoms with Crippen LogP contribution < -0.4 is 10.6 Å². The van der Waals surface area contributed by atoms with Gasteiger partial charge in [-0.1, -0.05) is 97.1 Å². The van der Waals surface area contributed by atoms with Gasteiger partial charge in [-0.05, 0) is 59.4 Å². The van der Waals surface area contributed by atoms with E-state index in [1.807, 2.05) is 121 Å². The minimum absolute atomic E-state index is 0.0167. The van der Waals surface area contributed by atoms with E-state index in [1.54, 1.807) is 4.90 Å². The Morgan fingerprint density at radius 3 is 1.73 bits per heavy atom. The number of hydrogen-bond acceptors (Lipinski definition) is 3. The number of likely N-dealkylation sites (tertiary alicyclic amines) is 1. The molecular formula is C35H33N3O3. The normalized spacial score (nSPS) is 14.6. The minimum atomic E-state index is -0.447. The molecule has 1 heterocycles. The summed E-state index contributed by atoms with van der Waals surface area (Å²) in [5.41, 5.74) is 5.38. The molecule has 41 heavy (non-hydrogen) atoms. The van der Waals surface area contributed by atoms with Crippen molar-refractivity contribution in [2.75, 3.05) is 17.2 Å². The van der Waals surface area contributed by atoms with E-state index in [-0.39, 0.29) is 17.7 Å². The van der Waals surface area contributed by atoms with Crippen LogP contribution in [0.3, 0.4) is 0 Å². The van der Waals surface area contributed by atoms with Crippen LogP contribution in [0.5, 0.6) is 0 Å². The first kappa shape index (κ1) is 27.6. The molecule has 4 aromatic carbocycles. The third kappa shape index (κ3) is 7.79. The monoisotopic (exact) mass is 543 g/mol. The van der Waals surface area contributed by atoms with Crippen molar-refractivity contribution in [1.29, 1.82) is 0 Å². The summed E-state index contributed by atoms with van der Waals surface area (Å²) in [6.45, 7) is 0.606. The van der Waals surface area contributed by atoms with Crippen molar-refractivity contribution in [3.63, 3.8) is 0 Å². The Labute approximate surface area is 240 Å². The molecule has 2 N–H and O–H groups in total. The molecule has 4 aromatic rings. The van der Waals surface area contributed by atoms with E-state index in [0.717, 1.165) is 34.4 Å². The summed E-state index contributed by atoms with van der Waals surface area (Å²) in [6.07, 6.45) is 6.13. The number of anilines is 2. The van der Waals surface area contributed by atoms with Gasteiger partial charge in [-0.3, -0.25) is 14.4 Å². The van der Waals surface area contributed by atoms with Crippen molar-refractivity contribution < 1.29 is 14.4 Å². The van der Waals surface area contributed by atoms with Crippen LogP contribution in [0.25, 0.3) is 12.2 Å². The maximum Gasteiger partial charge on any atom is 0.247 e. The molecule has 0 aromatic heterocycles. The number of carbonyl (C=O) groups is 3. The van der Waals surface area contributed by atoms with E-state index >= 15 is 0 Å². The molecule has 1 fully saturated rings. The zero-order valence-corrected chi connectivity index (χ0v) is 22.8. The number of hydrogen-bond donors (Lipinski definition) is 2. The average molecular weight is 544 g/mol. The van der Waals surface area contributed by atoms with Gasteiger partial charge in [-0.15, -0.1) is 0 Å². The Morgan fingerprint density at radius 2 is 1.17 bits per heavy atom. The summed E-state index contributed by atoms with van der Waals surface area (Å²) in [5, 5.41) is 5.91. The average Bonchev–Trinajstić information content (AvgIpc) is 3.49. The number of nitrogens with zero attached hydrogens (tertiary/aromatic N) is 1. The fraction of sp³-hybridized carbons (Fsp3) is 0.171. The molecule has 0 bridgehead atoms. The topological polar surface area (TPSA) is 78.5 Å². The highest BCUT2D eigenvalue weighted by Gasteiger charge is 2.33. The number of rotatable bonds is 9. The van der Waals surface area contributed by atoms with E-state index in [1.165, 1.54) is 0 Å². The highest BCUT2D eigenvalue weighted by Crippen LogP contribution is 2.21. The standard InChI is InChI=1S/C35H33N3O3/c39-33(24-28-8-3-1-4-9-28)36-30-19-15-26(16-20-30)13-14-27-17-21-31(22-18-27)37-35(41)32-12-7-23-38(32)34(40)25-29-10-5-2-6-11-29/h1-6,8-11,13-22,32H,7,12,23-25H2,(H,36,39)(H,37,41)/t32-/m0/s1. The van der Waals surface area contributed by atoms with Crippen LogP contribution in [-0.2, 0) is 27.2 Å². The molecule has 1 atom stereocenters. The van der Waals surface area contributed by atoms with Gasteiger partial charge in [0.25, 0.3) is 0 Å². The number of carbonyl (C=O) groups excluding carboxylic acids is 3. The van der Waals surface area contributed by atoms with Crippen LogP contribution in [0.1, 0.15) is 35.1 Å². The fourth-order valence-corrected chi connectivity index (χ4v) is 4.97. The van der Waals surface area contributed by atoms with Crippen molar-refractivity contribution in [3.8, 4) is 0 Å². The van der Waals surface area contributed by atoms with Gasteiger partial charge >= 0.3 is 0 Å². The lowest BCUT2D eigenvalue weighted by Gasteiger charge is -2.24. The van der Waals surface area contributed by atoms with Crippen molar-refractivity contribution in [2.45, 2.75) is 31.7 Å². The molecule has 1 aliphatic heterocycles. The molecule has 0 radical (unpaired) electrons. The molecule has 1 saturated heterocycles. The predicted octanol–water partition coefficient (Wildman–Crippen LogP) is 6.21. The van der Waals surface area contributed by atoms with Gasteiger partial charge in [0.15, 0.2) is 0 Å². The molecule has 1 aliphatic rings. The Bertz CT molecular complexity index is 1500. The third-order valence-electron chi connectivity index (χ3n) is 7.12. The number of amides is 3. The Hall–Kier alpha value is -4.97. The van der Waals surface area contributed by atoms with Gasteiger partial charge in [0.05, 0.1) is 12.8 Å². The quantitative estimate of drug-likeness (QED) is 0.246. The van der Waals surface area contributed by atoms with Crippen molar-refractivity contribution in [1.82, 2.24) is 4.90 Å². The largest absolute Gasteiger partial charge is 0.330 e. The smallest absolute Gasteiger partial charge is 0.247 e. The zero-order valence-electron chi connectivity index (χ0n) is 22.8. The van der Waals surface area contributed by atoms with Gasteiger partial charge in [-0.25, -0.2) is 0 Å². The first-order valence-electron chi connectivity index (χ1n) is 13.9. The minimum Gasteiger partial charge on any atom is -0.330 e. The van der Waals surface area contributed by atoms with Crippen molar-refractivity contribution in [2.24, 2.45) is 0 Å². The van der Waals surface area contributed by atoms with Crippen LogP contribution in [0.2, 0.25) is 0 Å². The third-order valence-corrected chi connectivity index (χ3v) is 7.12. The van der Waals surface area contributed by atoms with Gasteiger partial charge < -0.3 is 15.5 Å². The maximum atomic E-state index is 13.0. The second kappa shape index (κ2) is 13.4. The number of nitrogens with one attached hydrogen (secondary N) is 2. The predicted molar refractivity (Wildman–Crippen MR) is 164 cm³/mol. The van der Waals surface area contributed by atoms with Crippen LogP contribution in [0.15, 0.2) is 109 Å². The van der Waals surface area contributed by atoms with Crippen molar-refractivity contribution in [3.05, 3.63) is 131 Å². The number of benzene rings is 4. The molecular weight excluding hydrogens is 510 g/mol. The van der Waals surface area contributed by atoms with Crippen LogP contribution >= 0.6 is 0 Å². The Balaban J connectivity index is 1.11. The fourth-order valence-electron chi connectivity index (χ4n) is 4.97. The summed E-state index contributed by atoms with van der Waals surface area (Å²) in [4.78, 5) is 39.9. The van der Waals surface area contributed by atoms with Gasteiger partial charge in [0, 0.05) is 17.9 Å². The van der Waals surface area contributed by atoms with E-state index in [9.17, 15) is 14.4 Å². The molecule has 5 rings (SSSR count). The molecule has 6 heteroatoms. The molecule has 0 spiro atoms. The second-order valence-corrected chi connectivity index (χ2v) is 10.2. The molecule has 3 amide bonds. The maximum absolute atomic E-state index is 13.0. The SMILES string of the molecule is O=C(Cc1ccccc1)Nc1ccc(C=Cc2ccc(NC(=O)[C@@H]3CCCN3C(=O)Cc3ccccc3)cc2)cc1. The Morgan fingerprint density at radius 1 is 0.659 bits per heavy atom. The van der Waals surface area contributed by atoms with Gasteiger partial charge in [0.1, 0.15) is 6.04 Å². The van der Waals surface area contributed by atoms with Crippen molar-refractivity contribution >= 4 is 41.2 Å². The van der Waals surface area contributed by atoms with Gasteiger partial charge in [0.2, 0.25) is 17.7 Å². The summed E-state index contributed by atoms with van der Waals surface area (Å²) in [6, 6.07) is 34.1. The lowest BCUT2D eigenvalue weighted by molar-refractivity contribution is -0.136. The highest BCUT2D eigenvalue weighted by atomic mass is 16.2. The van der Waals surface area contributed by atoms with E-state index < -0.39 is 6.04 Å². The second-order valence-electron chi connectivity index (χ2n) is 10.2. The summed E-state index contributed by atoms with van der Waals surface area (Å²) < 4.78 is 0. The lowest BCUT2D eigenvalue weighted by atomic mass is 10.1. The summed E-state index contributed by atoms with van der Waals surface area (Å²) in [5.74, 6) is -0.216. The first-order chi connectivity index (χ1) is 20.0. The molecule has 0 aliphatic carbocycles.